The van der Waals surface area contributed by atoms with E-state index in [4.69, 9.17) is 4.74 Å². The summed E-state index contributed by atoms with van der Waals surface area (Å²) in [6, 6.07) is 0. The highest BCUT2D eigenvalue weighted by molar-refractivity contribution is 5.29. The number of fused-ring (bicyclic) bond motifs is 5. The van der Waals surface area contributed by atoms with Gasteiger partial charge in [0.05, 0.1) is 18.3 Å². The van der Waals surface area contributed by atoms with Gasteiger partial charge in [0.25, 0.3) is 0 Å². The van der Waals surface area contributed by atoms with Crippen LogP contribution in [0.2, 0.25) is 0 Å². The number of aliphatic hydroxyl groups excluding tert-OH is 1. The monoisotopic (exact) mass is 524 g/mol. The van der Waals surface area contributed by atoms with E-state index >= 15 is 0 Å². The van der Waals surface area contributed by atoms with Gasteiger partial charge in [-0.05, 0) is 111 Å². The molecule has 4 aliphatic rings. The summed E-state index contributed by atoms with van der Waals surface area (Å²) in [5, 5.41) is 21.5. The Bertz CT molecular complexity index is 832. The molecule has 0 aromatic heterocycles. The third-order valence-corrected chi connectivity index (χ3v) is 11.6. The first kappa shape index (κ1) is 29.5. The summed E-state index contributed by atoms with van der Waals surface area (Å²) in [4.78, 5) is 0. The number of rotatable bonds is 9. The van der Waals surface area contributed by atoms with Gasteiger partial charge in [-0.3, -0.25) is 0 Å². The van der Waals surface area contributed by atoms with Gasteiger partial charge >= 0.3 is 0 Å². The first-order valence-electron chi connectivity index (χ1n) is 15.1. The summed E-state index contributed by atoms with van der Waals surface area (Å²) in [6.45, 7) is 14.2. The van der Waals surface area contributed by atoms with E-state index < -0.39 is 23.5 Å². The van der Waals surface area contributed by atoms with Crippen molar-refractivity contribution >= 4 is 0 Å². The van der Waals surface area contributed by atoms with Gasteiger partial charge in [0, 0.05) is 5.41 Å². The van der Waals surface area contributed by atoms with Gasteiger partial charge in [-0.1, -0.05) is 53.5 Å². The summed E-state index contributed by atoms with van der Waals surface area (Å²) in [5.41, 5.74) is -0.285. The molecule has 0 saturated heterocycles. The first-order chi connectivity index (χ1) is 17.1. The van der Waals surface area contributed by atoms with E-state index in [0.717, 1.165) is 49.5 Å². The third-order valence-electron chi connectivity index (χ3n) is 11.6. The van der Waals surface area contributed by atoms with Crippen LogP contribution >= 0.6 is 0 Å². The number of halogens is 2. The standard InChI is InChI=1S/C32H54F2O3/c1-20(9-8-16-30(4,5)36)22-12-13-23-21-10-11-25-27(35)26(37-19-29(2,3)28(33)34)15-18-32(25,7)24(21)14-17-31(22,23)6/h11,20-24,26-28,35-36H,8-10,12-19H2,1-7H3/t20-,21+,22-,23+,24+,26+,27-,31-,32-/m1/s1. The van der Waals surface area contributed by atoms with E-state index in [-0.39, 0.29) is 18.1 Å². The summed E-state index contributed by atoms with van der Waals surface area (Å²) >= 11 is 0. The molecule has 0 spiro atoms. The maximum absolute atomic E-state index is 13.3. The van der Waals surface area contributed by atoms with Crippen LogP contribution in [-0.2, 0) is 4.74 Å². The highest BCUT2D eigenvalue weighted by atomic mass is 19.3. The van der Waals surface area contributed by atoms with Crippen molar-refractivity contribution in [3.8, 4) is 0 Å². The second-order valence-electron chi connectivity index (χ2n) is 15.2. The quantitative estimate of drug-likeness (QED) is 0.303. The van der Waals surface area contributed by atoms with Crippen molar-refractivity contribution in [1.82, 2.24) is 0 Å². The van der Waals surface area contributed by atoms with Gasteiger partial charge in [0.2, 0.25) is 6.43 Å². The van der Waals surface area contributed by atoms with Crippen molar-refractivity contribution < 1.29 is 23.7 Å². The smallest absolute Gasteiger partial charge is 0.245 e. The molecule has 0 amide bonds. The zero-order valence-corrected chi connectivity index (χ0v) is 24.5. The minimum atomic E-state index is -2.44. The Morgan fingerprint density at radius 1 is 1.05 bits per heavy atom. The van der Waals surface area contributed by atoms with Crippen molar-refractivity contribution in [3.05, 3.63) is 11.6 Å². The lowest BCUT2D eigenvalue weighted by atomic mass is 9.46. The second kappa shape index (κ2) is 10.5. The molecule has 0 aromatic carbocycles. The lowest BCUT2D eigenvalue weighted by Gasteiger charge is -2.59. The fourth-order valence-corrected chi connectivity index (χ4v) is 9.30. The van der Waals surface area contributed by atoms with Crippen LogP contribution in [0, 0.1) is 45.8 Å². The number of aliphatic hydroxyl groups is 2. The van der Waals surface area contributed by atoms with Crippen molar-refractivity contribution in [2.75, 3.05) is 6.61 Å². The molecule has 3 nitrogen and oxygen atoms in total. The zero-order chi connectivity index (χ0) is 27.4. The van der Waals surface area contributed by atoms with E-state index in [1.807, 2.05) is 13.8 Å². The molecule has 0 aromatic rings. The topological polar surface area (TPSA) is 49.7 Å². The van der Waals surface area contributed by atoms with Gasteiger partial charge < -0.3 is 14.9 Å². The highest BCUT2D eigenvalue weighted by Crippen LogP contribution is 2.67. The number of hydrogen-bond acceptors (Lipinski definition) is 3. The summed E-state index contributed by atoms with van der Waals surface area (Å²) < 4.78 is 32.6. The van der Waals surface area contributed by atoms with Crippen LogP contribution < -0.4 is 0 Å². The van der Waals surface area contributed by atoms with Gasteiger partial charge in [-0.25, -0.2) is 8.78 Å². The SMILES string of the molecule is C[C@H](CCCC(C)(C)O)[C@H]1CC[C@H]2[C@@H]3CC=C4[C@@H](O)[C@@H](OCC(C)(C)C(F)F)CC[C@]4(C)[C@H]3CC[C@]12C. The molecule has 9 atom stereocenters. The molecule has 2 N–H and O–H groups in total. The molecule has 4 aliphatic carbocycles. The maximum atomic E-state index is 13.3. The molecule has 0 radical (unpaired) electrons. The highest BCUT2D eigenvalue weighted by Gasteiger charge is 2.60. The maximum Gasteiger partial charge on any atom is 0.245 e. The van der Waals surface area contributed by atoms with E-state index in [1.165, 1.54) is 46.0 Å². The van der Waals surface area contributed by atoms with Gasteiger partial charge in [0.15, 0.2) is 0 Å². The number of hydrogen-bond donors (Lipinski definition) is 2. The summed E-state index contributed by atoms with van der Waals surface area (Å²) in [6.07, 6.45) is 9.82. The van der Waals surface area contributed by atoms with Crippen molar-refractivity contribution in [2.45, 2.75) is 137 Å². The van der Waals surface area contributed by atoms with Gasteiger partial charge in [0.1, 0.15) is 6.10 Å². The first-order valence-corrected chi connectivity index (χ1v) is 15.1. The van der Waals surface area contributed by atoms with Crippen LogP contribution in [0.5, 0.6) is 0 Å². The average molecular weight is 525 g/mol. The average Bonchev–Trinajstić information content (AvgIpc) is 3.15. The predicted molar refractivity (Wildman–Crippen MR) is 145 cm³/mol. The van der Waals surface area contributed by atoms with E-state index in [2.05, 4.69) is 26.8 Å². The molecule has 214 valence electrons. The Hall–Kier alpha value is -0.520. The van der Waals surface area contributed by atoms with Crippen LogP contribution in [0.1, 0.15) is 113 Å². The number of alkyl halides is 2. The van der Waals surface area contributed by atoms with E-state index in [9.17, 15) is 19.0 Å². The molecule has 3 fully saturated rings. The number of allylic oxidation sites excluding steroid dienone is 1. The molecular weight excluding hydrogens is 470 g/mol. The predicted octanol–water partition coefficient (Wildman–Crippen LogP) is 7.79. The second-order valence-corrected chi connectivity index (χ2v) is 15.2. The molecule has 5 heteroatoms. The minimum Gasteiger partial charge on any atom is -0.390 e. The Kier molecular flexibility index (Phi) is 8.34. The lowest BCUT2D eigenvalue weighted by molar-refractivity contribution is -0.123. The normalized spacial score (nSPS) is 41.1. The molecule has 0 heterocycles. The van der Waals surface area contributed by atoms with Gasteiger partial charge in [-0.15, -0.1) is 0 Å². The number of ether oxygens (including phenoxy) is 1. The molecule has 0 bridgehead atoms. The Morgan fingerprint density at radius 3 is 2.41 bits per heavy atom. The van der Waals surface area contributed by atoms with Crippen molar-refractivity contribution in [3.63, 3.8) is 0 Å². The van der Waals surface area contributed by atoms with E-state index in [1.54, 1.807) is 0 Å². The van der Waals surface area contributed by atoms with Crippen LogP contribution in [0.25, 0.3) is 0 Å². The van der Waals surface area contributed by atoms with Crippen molar-refractivity contribution in [2.24, 2.45) is 45.8 Å². The van der Waals surface area contributed by atoms with Crippen LogP contribution in [0.4, 0.5) is 8.78 Å². The van der Waals surface area contributed by atoms with Gasteiger partial charge in [-0.2, -0.15) is 0 Å². The third kappa shape index (κ3) is 5.57. The molecule has 4 rings (SSSR count). The molecule has 37 heavy (non-hydrogen) atoms. The lowest BCUT2D eigenvalue weighted by Crippen LogP contribution is -2.54. The molecule has 0 unspecified atom stereocenters. The Balaban J connectivity index is 1.44. The van der Waals surface area contributed by atoms with Crippen LogP contribution in [0.15, 0.2) is 11.6 Å². The largest absolute Gasteiger partial charge is 0.390 e. The fourth-order valence-electron chi connectivity index (χ4n) is 9.30. The summed E-state index contributed by atoms with van der Waals surface area (Å²) in [7, 11) is 0. The minimum absolute atomic E-state index is 0.0157. The zero-order valence-electron chi connectivity index (χ0n) is 24.5. The van der Waals surface area contributed by atoms with Crippen molar-refractivity contribution in [1.29, 1.82) is 0 Å². The fraction of sp³-hybridized carbons (Fsp3) is 0.938. The van der Waals surface area contributed by atoms with E-state index in [0.29, 0.717) is 23.2 Å². The van der Waals surface area contributed by atoms with Crippen LogP contribution in [-0.4, -0.2) is 41.1 Å². The van der Waals surface area contributed by atoms with Crippen LogP contribution in [0.3, 0.4) is 0 Å². The Morgan fingerprint density at radius 2 is 1.76 bits per heavy atom. The molecule has 3 saturated carbocycles. The molecule has 0 aliphatic heterocycles. The Labute approximate surface area is 224 Å². The summed E-state index contributed by atoms with van der Waals surface area (Å²) in [5.74, 6) is 3.43. The molecular formula is C32H54F2O3.